The highest BCUT2D eigenvalue weighted by atomic mass is 16.5. The molecule has 2 amide bonds. The van der Waals surface area contributed by atoms with Crippen molar-refractivity contribution in [3.63, 3.8) is 0 Å². The van der Waals surface area contributed by atoms with E-state index in [1.54, 1.807) is 21.8 Å². The summed E-state index contributed by atoms with van der Waals surface area (Å²) in [7, 11) is 1.50. The number of primary amides is 1. The van der Waals surface area contributed by atoms with E-state index in [2.05, 4.69) is 26.5 Å². The highest BCUT2D eigenvalue weighted by Gasteiger charge is 2.49. The van der Waals surface area contributed by atoms with Gasteiger partial charge in [-0.1, -0.05) is 6.92 Å². The molecule has 1 saturated heterocycles. The van der Waals surface area contributed by atoms with Crippen LogP contribution in [0.2, 0.25) is 0 Å². The Morgan fingerprint density at radius 3 is 2.57 bits per heavy atom. The van der Waals surface area contributed by atoms with Gasteiger partial charge in [0.15, 0.2) is 0 Å². The first-order valence-electron chi connectivity index (χ1n) is 11.5. The van der Waals surface area contributed by atoms with Crippen molar-refractivity contribution in [2.24, 2.45) is 17.1 Å². The first-order chi connectivity index (χ1) is 16.8. The number of methoxy groups -OCH3 is 1. The number of amides is 2. The van der Waals surface area contributed by atoms with Crippen molar-refractivity contribution in [3.8, 4) is 23.2 Å². The van der Waals surface area contributed by atoms with Gasteiger partial charge >= 0.3 is 6.01 Å². The SMILES string of the molecule is COc1ncc(-c2cc3c(N[C@@H]4CN(C(=O)C5(C#N)CCC5)C[C@@H]4C)c(C(N)=O)cnn3c2)cn1. The van der Waals surface area contributed by atoms with Crippen molar-refractivity contribution in [1.29, 1.82) is 5.26 Å². The zero-order valence-corrected chi connectivity index (χ0v) is 19.6. The number of fused-ring (bicyclic) bond motifs is 1. The van der Waals surface area contributed by atoms with Crippen molar-refractivity contribution in [2.75, 3.05) is 25.5 Å². The molecule has 0 radical (unpaired) electrons. The summed E-state index contributed by atoms with van der Waals surface area (Å²) < 4.78 is 6.69. The summed E-state index contributed by atoms with van der Waals surface area (Å²) in [5.41, 5.74) is 7.84. The van der Waals surface area contributed by atoms with E-state index in [1.807, 2.05) is 19.2 Å². The minimum atomic E-state index is -0.881. The summed E-state index contributed by atoms with van der Waals surface area (Å²) in [4.78, 5) is 35.4. The van der Waals surface area contributed by atoms with Gasteiger partial charge in [-0.15, -0.1) is 0 Å². The molecule has 0 bridgehead atoms. The number of carbonyl (C=O) groups is 2. The molecule has 3 aromatic heterocycles. The first-order valence-corrected chi connectivity index (χ1v) is 11.5. The molecule has 1 aliphatic carbocycles. The topological polar surface area (TPSA) is 152 Å². The number of carbonyl (C=O) groups excluding carboxylic acids is 2. The molecule has 2 atom stereocenters. The van der Waals surface area contributed by atoms with E-state index < -0.39 is 11.3 Å². The lowest BCUT2D eigenvalue weighted by molar-refractivity contribution is -0.142. The second-order valence-electron chi connectivity index (χ2n) is 9.30. The second-order valence-corrected chi connectivity index (χ2v) is 9.30. The average Bonchev–Trinajstić information content (AvgIpc) is 3.42. The fourth-order valence-corrected chi connectivity index (χ4v) is 4.84. The zero-order chi connectivity index (χ0) is 24.7. The number of hydrogen-bond acceptors (Lipinski definition) is 8. The van der Waals surface area contributed by atoms with Gasteiger partial charge in [0, 0.05) is 48.8 Å². The minimum absolute atomic E-state index is 0.0955. The van der Waals surface area contributed by atoms with Crippen molar-refractivity contribution in [2.45, 2.75) is 32.2 Å². The fraction of sp³-hybridized carbons (Fsp3) is 0.417. The van der Waals surface area contributed by atoms with Gasteiger partial charge in [0.1, 0.15) is 5.41 Å². The van der Waals surface area contributed by atoms with Gasteiger partial charge in [0.05, 0.1) is 36.1 Å². The van der Waals surface area contributed by atoms with Crippen LogP contribution in [-0.4, -0.2) is 62.5 Å². The predicted octanol–water partition coefficient (Wildman–Crippen LogP) is 1.85. The quantitative estimate of drug-likeness (QED) is 0.549. The number of nitriles is 1. The Morgan fingerprint density at radius 1 is 1.23 bits per heavy atom. The van der Waals surface area contributed by atoms with Crippen LogP contribution in [-0.2, 0) is 4.79 Å². The van der Waals surface area contributed by atoms with Crippen LogP contribution in [0.1, 0.15) is 36.5 Å². The van der Waals surface area contributed by atoms with Crippen molar-refractivity contribution < 1.29 is 14.3 Å². The maximum atomic E-state index is 13.1. The molecule has 0 spiro atoms. The first kappa shape index (κ1) is 22.6. The number of hydrogen-bond donors (Lipinski definition) is 2. The molecule has 11 nitrogen and oxygen atoms in total. The van der Waals surface area contributed by atoms with Crippen LogP contribution in [0.5, 0.6) is 6.01 Å². The van der Waals surface area contributed by atoms with E-state index in [1.165, 1.54) is 13.3 Å². The Balaban J connectivity index is 1.46. The largest absolute Gasteiger partial charge is 0.467 e. The lowest BCUT2D eigenvalue weighted by atomic mass is 9.69. The Bertz CT molecular complexity index is 1340. The summed E-state index contributed by atoms with van der Waals surface area (Å²) in [6.07, 6.45) is 8.68. The molecule has 4 heterocycles. The number of rotatable bonds is 6. The number of nitrogens with zero attached hydrogens (tertiary/aromatic N) is 6. The molecular weight excluding hydrogens is 448 g/mol. The lowest BCUT2D eigenvalue weighted by Crippen LogP contribution is -2.46. The van der Waals surface area contributed by atoms with Crippen LogP contribution in [0.15, 0.2) is 30.9 Å². The molecule has 11 heteroatoms. The highest BCUT2D eigenvalue weighted by molar-refractivity contribution is 6.02. The molecule has 35 heavy (non-hydrogen) atoms. The summed E-state index contributed by atoms with van der Waals surface area (Å²) in [5.74, 6) is -0.593. The normalized spacial score (nSPS) is 20.8. The van der Waals surface area contributed by atoms with Crippen molar-refractivity contribution in [1.82, 2.24) is 24.5 Å². The standard InChI is InChI=1S/C24H26N8O3/c1-14-10-31(22(34)24(13-25)4-3-5-24)12-18(14)30-20-17(21(26)33)9-29-32-11-15(6-19(20)32)16-7-27-23(35-2)28-8-16/h6-9,11,14,18,30H,3-5,10,12H2,1-2H3,(H2,26,33)/t14-,18+/m0/s1. The third-order valence-corrected chi connectivity index (χ3v) is 7.11. The van der Waals surface area contributed by atoms with E-state index in [4.69, 9.17) is 10.5 Å². The predicted molar refractivity (Wildman–Crippen MR) is 126 cm³/mol. The van der Waals surface area contributed by atoms with Crippen molar-refractivity contribution >= 4 is 23.0 Å². The van der Waals surface area contributed by atoms with E-state index in [0.717, 1.165) is 17.5 Å². The third-order valence-electron chi connectivity index (χ3n) is 7.11. The van der Waals surface area contributed by atoms with Gasteiger partial charge in [-0.3, -0.25) is 9.59 Å². The van der Waals surface area contributed by atoms with Gasteiger partial charge in [0.2, 0.25) is 5.91 Å². The molecule has 1 aliphatic heterocycles. The monoisotopic (exact) mass is 474 g/mol. The molecule has 0 aromatic carbocycles. The smallest absolute Gasteiger partial charge is 0.316 e. The highest BCUT2D eigenvalue weighted by Crippen LogP contribution is 2.43. The Morgan fingerprint density at radius 2 is 1.97 bits per heavy atom. The second kappa shape index (κ2) is 8.54. The number of ether oxygens (including phenoxy) is 1. The van der Waals surface area contributed by atoms with Crippen LogP contribution in [0.3, 0.4) is 0 Å². The van der Waals surface area contributed by atoms with E-state index in [9.17, 15) is 14.9 Å². The van der Waals surface area contributed by atoms with Gasteiger partial charge in [0.25, 0.3) is 5.91 Å². The Labute approximate surface area is 201 Å². The van der Waals surface area contributed by atoms with Gasteiger partial charge in [-0.2, -0.15) is 10.4 Å². The lowest BCUT2D eigenvalue weighted by Gasteiger charge is -2.36. The summed E-state index contributed by atoms with van der Waals surface area (Å²) >= 11 is 0. The van der Waals surface area contributed by atoms with E-state index >= 15 is 0 Å². The number of aromatic nitrogens is 4. The number of nitrogens with two attached hydrogens (primary N) is 1. The Hall–Kier alpha value is -4.20. The molecule has 3 N–H and O–H groups in total. The number of nitrogens with one attached hydrogen (secondary N) is 1. The molecule has 5 rings (SSSR count). The number of likely N-dealkylation sites (tertiary alicyclic amines) is 1. The zero-order valence-electron chi connectivity index (χ0n) is 19.6. The average molecular weight is 475 g/mol. The summed E-state index contributed by atoms with van der Waals surface area (Å²) in [6.45, 7) is 3.03. The molecule has 1 saturated carbocycles. The van der Waals surface area contributed by atoms with Crippen molar-refractivity contribution in [3.05, 3.63) is 36.4 Å². The summed E-state index contributed by atoms with van der Waals surface area (Å²) in [6, 6.07) is 4.27. The van der Waals surface area contributed by atoms with Crippen LogP contribution in [0.25, 0.3) is 16.6 Å². The van der Waals surface area contributed by atoms with Crippen LogP contribution in [0, 0.1) is 22.7 Å². The molecule has 0 unspecified atom stereocenters. The molecule has 2 fully saturated rings. The van der Waals surface area contributed by atoms with Gasteiger partial charge in [-0.25, -0.2) is 14.5 Å². The molecular formula is C24H26N8O3. The molecule has 3 aromatic rings. The molecule has 180 valence electrons. The Kier molecular flexibility index (Phi) is 5.51. The van der Waals surface area contributed by atoms with Gasteiger partial charge in [-0.05, 0) is 31.2 Å². The number of anilines is 1. The molecule has 2 aliphatic rings. The fourth-order valence-electron chi connectivity index (χ4n) is 4.84. The maximum absolute atomic E-state index is 13.1. The van der Waals surface area contributed by atoms with Crippen LogP contribution in [0.4, 0.5) is 5.69 Å². The van der Waals surface area contributed by atoms with Crippen LogP contribution < -0.4 is 15.8 Å². The van der Waals surface area contributed by atoms with E-state index in [0.29, 0.717) is 37.1 Å². The van der Waals surface area contributed by atoms with Gasteiger partial charge < -0.3 is 20.7 Å². The summed E-state index contributed by atoms with van der Waals surface area (Å²) in [5, 5.41) is 17.4. The van der Waals surface area contributed by atoms with E-state index in [-0.39, 0.29) is 29.4 Å². The third kappa shape index (κ3) is 3.80. The minimum Gasteiger partial charge on any atom is -0.467 e. The van der Waals surface area contributed by atoms with Crippen LogP contribution >= 0.6 is 0 Å². The maximum Gasteiger partial charge on any atom is 0.316 e.